The zero-order chi connectivity index (χ0) is 20.8. The van der Waals surface area contributed by atoms with Crippen LogP contribution in [0.15, 0.2) is 47.6 Å². The summed E-state index contributed by atoms with van der Waals surface area (Å²) in [5.41, 5.74) is 2.74. The van der Waals surface area contributed by atoms with Gasteiger partial charge in [-0.25, -0.2) is 0 Å². The van der Waals surface area contributed by atoms with E-state index in [2.05, 4.69) is 21.6 Å². The number of amides is 1. The number of anilines is 1. The predicted molar refractivity (Wildman–Crippen MR) is 115 cm³/mol. The van der Waals surface area contributed by atoms with Gasteiger partial charge in [0.15, 0.2) is 11.0 Å². The Balaban J connectivity index is 1.71. The highest BCUT2D eigenvalue weighted by molar-refractivity contribution is 7.99. The van der Waals surface area contributed by atoms with Crippen LogP contribution in [0.5, 0.6) is 11.5 Å². The number of rotatable bonds is 8. The largest absolute Gasteiger partial charge is 0.497 e. The third-order valence-corrected chi connectivity index (χ3v) is 5.29. The Hall–Kier alpha value is -3.00. The number of aryl methyl sites for hydroxylation is 1. The van der Waals surface area contributed by atoms with Crippen molar-refractivity contribution in [1.29, 1.82) is 0 Å². The zero-order valence-corrected chi connectivity index (χ0v) is 17.7. The fourth-order valence-electron chi connectivity index (χ4n) is 2.91. The second-order valence-electron chi connectivity index (χ2n) is 6.32. The number of methoxy groups -OCH3 is 2. The van der Waals surface area contributed by atoms with Crippen molar-refractivity contribution in [3.05, 3.63) is 48.0 Å². The number of nitrogens with one attached hydrogen (secondary N) is 1. The summed E-state index contributed by atoms with van der Waals surface area (Å²) in [5, 5.41) is 12.2. The fourth-order valence-corrected chi connectivity index (χ4v) is 3.71. The van der Waals surface area contributed by atoms with Crippen LogP contribution in [0.2, 0.25) is 0 Å². The van der Waals surface area contributed by atoms with Gasteiger partial charge in [-0.3, -0.25) is 4.79 Å². The maximum atomic E-state index is 12.5. The van der Waals surface area contributed by atoms with E-state index in [0.717, 1.165) is 17.0 Å². The summed E-state index contributed by atoms with van der Waals surface area (Å²) in [6, 6.07) is 13.4. The topological polar surface area (TPSA) is 78.3 Å². The lowest BCUT2D eigenvalue weighted by molar-refractivity contribution is -0.113. The van der Waals surface area contributed by atoms with E-state index in [4.69, 9.17) is 9.47 Å². The van der Waals surface area contributed by atoms with Gasteiger partial charge in [-0.1, -0.05) is 35.5 Å². The molecule has 1 N–H and O–H groups in total. The number of thioether (sulfide) groups is 1. The van der Waals surface area contributed by atoms with Crippen molar-refractivity contribution in [2.75, 3.05) is 25.3 Å². The van der Waals surface area contributed by atoms with Crippen LogP contribution in [0.25, 0.3) is 11.4 Å². The van der Waals surface area contributed by atoms with Gasteiger partial charge in [0.25, 0.3) is 0 Å². The monoisotopic (exact) mass is 412 g/mol. The first-order valence-corrected chi connectivity index (χ1v) is 10.2. The van der Waals surface area contributed by atoms with Crippen molar-refractivity contribution >= 4 is 23.4 Å². The first-order chi connectivity index (χ1) is 14.0. The average Bonchev–Trinajstić information content (AvgIpc) is 3.15. The van der Waals surface area contributed by atoms with E-state index in [0.29, 0.717) is 28.9 Å². The molecule has 0 saturated carbocycles. The van der Waals surface area contributed by atoms with Crippen molar-refractivity contribution in [3.8, 4) is 22.9 Å². The zero-order valence-electron chi connectivity index (χ0n) is 16.9. The molecule has 0 bridgehead atoms. The average molecular weight is 413 g/mol. The van der Waals surface area contributed by atoms with Crippen LogP contribution in [0.3, 0.4) is 0 Å². The van der Waals surface area contributed by atoms with Gasteiger partial charge in [-0.2, -0.15) is 0 Å². The van der Waals surface area contributed by atoms with E-state index < -0.39 is 0 Å². The summed E-state index contributed by atoms with van der Waals surface area (Å²) < 4.78 is 12.5. The highest BCUT2D eigenvalue weighted by Crippen LogP contribution is 2.29. The maximum Gasteiger partial charge on any atom is 0.234 e. The van der Waals surface area contributed by atoms with Crippen LogP contribution < -0.4 is 14.8 Å². The third-order valence-electron chi connectivity index (χ3n) is 4.32. The molecule has 3 aromatic rings. The maximum absolute atomic E-state index is 12.5. The van der Waals surface area contributed by atoms with Crippen molar-refractivity contribution in [2.45, 2.75) is 25.5 Å². The van der Waals surface area contributed by atoms with E-state index in [1.54, 1.807) is 32.4 Å². The molecule has 1 aromatic heterocycles. The quantitative estimate of drug-likeness (QED) is 0.563. The van der Waals surface area contributed by atoms with Crippen molar-refractivity contribution in [1.82, 2.24) is 14.8 Å². The Morgan fingerprint density at radius 2 is 1.97 bits per heavy atom. The minimum atomic E-state index is -0.163. The van der Waals surface area contributed by atoms with Gasteiger partial charge in [0, 0.05) is 18.2 Å². The van der Waals surface area contributed by atoms with Crippen molar-refractivity contribution in [3.63, 3.8) is 0 Å². The molecule has 29 heavy (non-hydrogen) atoms. The van der Waals surface area contributed by atoms with E-state index in [9.17, 15) is 4.79 Å². The second-order valence-corrected chi connectivity index (χ2v) is 7.27. The van der Waals surface area contributed by atoms with E-state index >= 15 is 0 Å². The van der Waals surface area contributed by atoms with E-state index in [1.165, 1.54) is 11.8 Å². The summed E-state index contributed by atoms with van der Waals surface area (Å²) in [6.45, 7) is 4.79. The van der Waals surface area contributed by atoms with Gasteiger partial charge in [-0.15, -0.1) is 10.2 Å². The second kappa shape index (κ2) is 9.47. The van der Waals surface area contributed by atoms with Gasteiger partial charge in [0.2, 0.25) is 5.91 Å². The number of carbonyl (C=O) groups excluding carboxylic acids is 1. The molecule has 0 spiro atoms. The van der Waals surface area contributed by atoms with Crippen LogP contribution >= 0.6 is 11.8 Å². The Morgan fingerprint density at radius 3 is 2.66 bits per heavy atom. The molecule has 0 radical (unpaired) electrons. The van der Waals surface area contributed by atoms with Crippen molar-refractivity contribution in [2.24, 2.45) is 0 Å². The summed E-state index contributed by atoms with van der Waals surface area (Å²) in [7, 11) is 3.13. The Morgan fingerprint density at radius 1 is 1.14 bits per heavy atom. The lowest BCUT2D eigenvalue weighted by Gasteiger charge is -2.12. The molecule has 152 valence electrons. The Bertz CT molecular complexity index is 1000. The SMILES string of the molecule is CCn1c(SCC(=O)Nc2cc(OC)ccc2OC)nnc1-c1cccc(C)c1. The molecule has 0 aliphatic carbocycles. The number of carbonyl (C=O) groups is 1. The summed E-state index contributed by atoms with van der Waals surface area (Å²) in [4.78, 5) is 12.5. The first kappa shape index (κ1) is 20.7. The third kappa shape index (κ3) is 4.89. The van der Waals surface area contributed by atoms with Gasteiger partial charge in [0.1, 0.15) is 11.5 Å². The van der Waals surface area contributed by atoms with Crippen LogP contribution in [0, 0.1) is 6.92 Å². The molecule has 3 rings (SSSR count). The first-order valence-electron chi connectivity index (χ1n) is 9.20. The highest BCUT2D eigenvalue weighted by atomic mass is 32.2. The molecule has 0 fully saturated rings. The van der Waals surface area contributed by atoms with E-state index in [-0.39, 0.29) is 11.7 Å². The van der Waals surface area contributed by atoms with Crippen LogP contribution in [0.4, 0.5) is 5.69 Å². The highest BCUT2D eigenvalue weighted by Gasteiger charge is 2.16. The van der Waals surface area contributed by atoms with Crippen molar-refractivity contribution < 1.29 is 14.3 Å². The molecule has 2 aromatic carbocycles. The Labute approximate surface area is 174 Å². The van der Waals surface area contributed by atoms with Gasteiger partial charge >= 0.3 is 0 Å². The molecular weight excluding hydrogens is 388 g/mol. The molecule has 1 heterocycles. The molecule has 1 amide bonds. The number of ether oxygens (including phenoxy) is 2. The normalized spacial score (nSPS) is 10.6. The van der Waals surface area contributed by atoms with E-state index in [1.807, 2.05) is 36.6 Å². The molecule has 7 nitrogen and oxygen atoms in total. The number of hydrogen-bond donors (Lipinski definition) is 1. The standard InChI is InChI=1S/C21H24N4O3S/c1-5-25-20(15-8-6-7-14(2)11-15)23-24-21(25)29-13-19(26)22-17-12-16(27-3)9-10-18(17)28-4/h6-12H,5,13H2,1-4H3,(H,22,26). The molecule has 0 aliphatic rings. The number of nitrogens with zero attached hydrogens (tertiary/aromatic N) is 3. The lowest BCUT2D eigenvalue weighted by atomic mass is 10.1. The van der Waals surface area contributed by atoms with Crippen LogP contribution in [-0.2, 0) is 11.3 Å². The molecular formula is C21H24N4O3S. The van der Waals surface area contributed by atoms with Gasteiger partial charge in [0.05, 0.1) is 25.7 Å². The minimum Gasteiger partial charge on any atom is -0.497 e. The molecule has 0 aliphatic heterocycles. The predicted octanol–water partition coefficient (Wildman–Crippen LogP) is 4.02. The summed E-state index contributed by atoms with van der Waals surface area (Å²) in [6.07, 6.45) is 0. The summed E-state index contributed by atoms with van der Waals surface area (Å²) in [5.74, 6) is 2.05. The van der Waals surface area contributed by atoms with Gasteiger partial charge < -0.3 is 19.4 Å². The lowest BCUT2D eigenvalue weighted by Crippen LogP contribution is -2.15. The Kier molecular flexibility index (Phi) is 6.77. The molecule has 8 heteroatoms. The number of hydrogen-bond acceptors (Lipinski definition) is 6. The van der Waals surface area contributed by atoms with Crippen LogP contribution in [0.1, 0.15) is 12.5 Å². The summed E-state index contributed by atoms with van der Waals surface area (Å²) >= 11 is 1.35. The smallest absolute Gasteiger partial charge is 0.234 e. The van der Waals surface area contributed by atoms with Crippen LogP contribution in [-0.4, -0.2) is 40.6 Å². The molecule has 0 atom stereocenters. The number of aromatic nitrogens is 3. The molecule has 0 unspecified atom stereocenters. The number of benzene rings is 2. The fraction of sp³-hybridized carbons (Fsp3) is 0.286. The minimum absolute atomic E-state index is 0.163. The van der Waals surface area contributed by atoms with Gasteiger partial charge in [-0.05, 0) is 32.0 Å². The molecule has 0 saturated heterocycles.